The fraction of sp³-hybridized carbons (Fsp3) is 0.667. The molecule has 1 aliphatic rings. The van der Waals surface area contributed by atoms with Crippen LogP contribution in [-0.2, 0) is 21.4 Å². The Bertz CT molecular complexity index is 557. The molecular weight excluding hydrogens is 266 g/mol. The Morgan fingerprint density at radius 1 is 1.42 bits per heavy atom. The minimum atomic E-state index is -3.52. The van der Waals surface area contributed by atoms with Gasteiger partial charge < -0.3 is 9.36 Å². The molecule has 0 aliphatic carbocycles. The largest absolute Gasteiger partial charge is 0.334 e. The van der Waals surface area contributed by atoms with Crippen LogP contribution in [0.1, 0.15) is 25.6 Å². The summed E-state index contributed by atoms with van der Waals surface area (Å²) in [4.78, 5) is 14.8. The van der Waals surface area contributed by atoms with Gasteiger partial charge in [-0.2, -0.15) is 4.31 Å². The maximum Gasteiger partial charge on any atom is 0.262 e. The molecule has 0 spiro atoms. The second-order valence-electron chi connectivity index (χ2n) is 4.79. The molecule has 106 valence electrons. The SMILES string of the molecule is CCn1cc(S(=O)(=O)N2CCC(C=O)CC2)nc1C. The molecule has 0 N–H and O–H groups in total. The zero-order valence-corrected chi connectivity index (χ0v) is 12.1. The second-order valence-corrected chi connectivity index (χ2v) is 6.67. The van der Waals surface area contributed by atoms with Crippen molar-refractivity contribution < 1.29 is 13.2 Å². The summed E-state index contributed by atoms with van der Waals surface area (Å²) in [6.07, 6.45) is 3.68. The summed E-state index contributed by atoms with van der Waals surface area (Å²) in [6, 6.07) is 0. The van der Waals surface area contributed by atoms with E-state index in [1.54, 1.807) is 13.1 Å². The zero-order valence-electron chi connectivity index (χ0n) is 11.2. The van der Waals surface area contributed by atoms with Gasteiger partial charge in [0.1, 0.15) is 12.1 Å². The molecule has 0 bridgehead atoms. The van der Waals surface area contributed by atoms with Crippen LogP contribution in [0.3, 0.4) is 0 Å². The molecule has 19 heavy (non-hydrogen) atoms. The average Bonchev–Trinajstić information content (AvgIpc) is 2.81. The average molecular weight is 285 g/mol. The summed E-state index contributed by atoms with van der Waals surface area (Å²) in [5.41, 5.74) is 0. The van der Waals surface area contributed by atoms with Crippen molar-refractivity contribution in [2.24, 2.45) is 5.92 Å². The first kappa shape index (κ1) is 14.2. The van der Waals surface area contributed by atoms with Gasteiger partial charge in [0.15, 0.2) is 5.03 Å². The number of sulfonamides is 1. The standard InChI is InChI=1S/C12H19N3O3S/c1-3-14-8-12(13-10(14)2)19(17,18)15-6-4-11(9-16)5-7-15/h8-9,11H,3-7H2,1-2H3. The van der Waals surface area contributed by atoms with Crippen LogP contribution in [0.5, 0.6) is 0 Å². The Labute approximate surface area is 113 Å². The Morgan fingerprint density at radius 2 is 2.05 bits per heavy atom. The van der Waals surface area contributed by atoms with Crippen LogP contribution in [0.25, 0.3) is 0 Å². The lowest BCUT2D eigenvalue weighted by molar-refractivity contribution is -0.112. The number of carbonyl (C=O) groups excluding carboxylic acids is 1. The summed E-state index contributed by atoms with van der Waals surface area (Å²) in [6.45, 7) is 5.22. The van der Waals surface area contributed by atoms with Crippen molar-refractivity contribution >= 4 is 16.3 Å². The number of hydrogen-bond donors (Lipinski definition) is 0. The third-order valence-corrected chi connectivity index (χ3v) is 5.36. The molecule has 0 atom stereocenters. The number of aldehydes is 1. The molecular formula is C12H19N3O3S. The van der Waals surface area contributed by atoms with Crippen LogP contribution in [0.4, 0.5) is 0 Å². The van der Waals surface area contributed by atoms with E-state index in [1.165, 1.54) is 4.31 Å². The molecule has 0 amide bonds. The van der Waals surface area contributed by atoms with Crippen LogP contribution in [0, 0.1) is 12.8 Å². The van der Waals surface area contributed by atoms with E-state index < -0.39 is 10.0 Å². The monoisotopic (exact) mass is 285 g/mol. The van der Waals surface area contributed by atoms with Gasteiger partial charge in [0.05, 0.1) is 0 Å². The first-order valence-corrected chi connectivity index (χ1v) is 7.92. The lowest BCUT2D eigenvalue weighted by Crippen LogP contribution is -2.38. The summed E-state index contributed by atoms with van der Waals surface area (Å²) in [5, 5.41) is 0.108. The minimum absolute atomic E-state index is 0.0126. The van der Waals surface area contributed by atoms with Crippen molar-refractivity contribution in [3.8, 4) is 0 Å². The maximum absolute atomic E-state index is 12.4. The molecule has 2 rings (SSSR count). The van der Waals surface area contributed by atoms with E-state index in [9.17, 15) is 13.2 Å². The van der Waals surface area contributed by atoms with Crippen LogP contribution in [0.15, 0.2) is 11.2 Å². The molecule has 0 radical (unpaired) electrons. The normalized spacial score (nSPS) is 18.6. The first-order valence-electron chi connectivity index (χ1n) is 6.48. The summed E-state index contributed by atoms with van der Waals surface area (Å²) in [7, 11) is -3.52. The van der Waals surface area contributed by atoms with Crippen molar-refractivity contribution in [1.82, 2.24) is 13.9 Å². The Morgan fingerprint density at radius 3 is 2.53 bits per heavy atom. The van der Waals surface area contributed by atoms with Crippen molar-refractivity contribution in [2.45, 2.75) is 38.3 Å². The number of aromatic nitrogens is 2. The van der Waals surface area contributed by atoms with Crippen molar-refractivity contribution in [1.29, 1.82) is 0 Å². The van der Waals surface area contributed by atoms with Gasteiger partial charge in [-0.1, -0.05) is 0 Å². The van der Waals surface area contributed by atoms with E-state index in [4.69, 9.17) is 0 Å². The maximum atomic E-state index is 12.4. The van der Waals surface area contributed by atoms with Gasteiger partial charge in [0.25, 0.3) is 10.0 Å². The summed E-state index contributed by atoms with van der Waals surface area (Å²) < 4.78 is 28.1. The number of hydrogen-bond acceptors (Lipinski definition) is 4. The Hall–Kier alpha value is -1.21. The van der Waals surface area contributed by atoms with Crippen LogP contribution in [0.2, 0.25) is 0 Å². The van der Waals surface area contributed by atoms with Gasteiger partial charge >= 0.3 is 0 Å². The van der Waals surface area contributed by atoms with E-state index in [0.717, 1.165) is 6.29 Å². The molecule has 1 aromatic heterocycles. The highest BCUT2D eigenvalue weighted by Gasteiger charge is 2.31. The third kappa shape index (κ3) is 2.71. The molecule has 1 aromatic rings. The van der Waals surface area contributed by atoms with Gasteiger partial charge in [-0.3, -0.25) is 0 Å². The smallest absolute Gasteiger partial charge is 0.262 e. The highest BCUT2D eigenvalue weighted by molar-refractivity contribution is 7.89. The Balaban J connectivity index is 2.20. The molecule has 0 aromatic carbocycles. The molecule has 0 saturated carbocycles. The van der Waals surface area contributed by atoms with Gasteiger partial charge in [-0.05, 0) is 26.7 Å². The van der Waals surface area contributed by atoms with Crippen molar-refractivity contribution in [3.63, 3.8) is 0 Å². The number of aryl methyl sites for hydroxylation is 2. The highest BCUT2D eigenvalue weighted by atomic mass is 32.2. The lowest BCUT2D eigenvalue weighted by atomic mass is 10.0. The van der Waals surface area contributed by atoms with E-state index in [0.29, 0.717) is 38.3 Å². The molecule has 0 unspecified atom stereocenters. The quantitative estimate of drug-likeness (QED) is 0.767. The van der Waals surface area contributed by atoms with Crippen LogP contribution < -0.4 is 0 Å². The van der Waals surface area contributed by atoms with Crippen molar-refractivity contribution in [2.75, 3.05) is 13.1 Å². The minimum Gasteiger partial charge on any atom is -0.334 e. The first-order chi connectivity index (χ1) is 8.98. The van der Waals surface area contributed by atoms with E-state index in [2.05, 4.69) is 4.98 Å². The Kier molecular flexibility index (Phi) is 4.05. The van der Waals surface area contributed by atoms with Gasteiger partial charge in [-0.15, -0.1) is 0 Å². The van der Waals surface area contributed by atoms with E-state index >= 15 is 0 Å². The van der Waals surface area contributed by atoms with Gasteiger partial charge in [-0.25, -0.2) is 13.4 Å². The lowest BCUT2D eigenvalue weighted by Gasteiger charge is -2.27. The number of nitrogens with zero attached hydrogens (tertiary/aromatic N) is 3. The van der Waals surface area contributed by atoms with Crippen LogP contribution in [-0.4, -0.2) is 41.6 Å². The number of rotatable bonds is 4. The van der Waals surface area contributed by atoms with E-state index in [1.807, 2.05) is 11.5 Å². The molecule has 1 aliphatic heterocycles. The molecule has 1 saturated heterocycles. The van der Waals surface area contributed by atoms with Gasteiger partial charge in [0.2, 0.25) is 0 Å². The molecule has 1 fully saturated rings. The fourth-order valence-electron chi connectivity index (χ4n) is 2.31. The topological polar surface area (TPSA) is 72.3 Å². The molecule has 6 nitrogen and oxygen atoms in total. The fourth-order valence-corrected chi connectivity index (χ4v) is 3.77. The second kappa shape index (κ2) is 5.42. The zero-order chi connectivity index (χ0) is 14.0. The van der Waals surface area contributed by atoms with Crippen molar-refractivity contribution in [3.05, 3.63) is 12.0 Å². The number of imidazole rings is 1. The predicted octanol–water partition coefficient (Wildman–Crippen LogP) is 0.811. The summed E-state index contributed by atoms with van der Waals surface area (Å²) in [5.74, 6) is 0.685. The van der Waals surface area contributed by atoms with Gasteiger partial charge in [0, 0.05) is 31.7 Å². The molecule has 2 heterocycles. The van der Waals surface area contributed by atoms with Crippen LogP contribution >= 0.6 is 0 Å². The summed E-state index contributed by atoms with van der Waals surface area (Å²) >= 11 is 0. The number of carbonyl (C=O) groups is 1. The highest BCUT2D eigenvalue weighted by Crippen LogP contribution is 2.22. The third-order valence-electron chi connectivity index (χ3n) is 3.59. The predicted molar refractivity (Wildman–Crippen MR) is 70.2 cm³/mol. The number of piperidine rings is 1. The molecule has 7 heteroatoms. The van der Waals surface area contributed by atoms with E-state index in [-0.39, 0.29) is 10.9 Å².